The van der Waals surface area contributed by atoms with E-state index in [9.17, 15) is 0 Å². The van der Waals surface area contributed by atoms with E-state index >= 15 is 0 Å². The smallest absolute Gasteiger partial charge is 0.0447 e. The molecule has 0 spiro atoms. The molecule has 3 rings (SSSR count). The molecule has 1 atom stereocenters. The van der Waals surface area contributed by atoms with Crippen molar-refractivity contribution in [3.8, 4) is 0 Å². The van der Waals surface area contributed by atoms with E-state index in [-0.39, 0.29) is 0 Å². The molecule has 3 nitrogen and oxygen atoms in total. The number of fused-ring (bicyclic) bond motifs is 1. The van der Waals surface area contributed by atoms with Crippen LogP contribution in [0.1, 0.15) is 11.6 Å². The fraction of sp³-hybridized carbons (Fsp3) is 0.412. The van der Waals surface area contributed by atoms with Gasteiger partial charge < -0.3 is 10.6 Å². The number of hydrogen-bond acceptors (Lipinski definition) is 3. The quantitative estimate of drug-likeness (QED) is 0.889. The molecule has 0 aromatic heterocycles. The van der Waals surface area contributed by atoms with E-state index in [0.29, 0.717) is 6.04 Å². The molecular formula is C17H23N3. The third-order valence-electron chi connectivity index (χ3n) is 4.17. The predicted molar refractivity (Wildman–Crippen MR) is 85.1 cm³/mol. The number of piperazine rings is 1. The Morgan fingerprint density at radius 1 is 1.10 bits per heavy atom. The minimum absolute atomic E-state index is 0.401. The zero-order valence-corrected chi connectivity index (χ0v) is 12.1. The molecule has 1 unspecified atom stereocenters. The molecule has 0 bridgehead atoms. The summed E-state index contributed by atoms with van der Waals surface area (Å²) in [7, 11) is 2.06. The van der Waals surface area contributed by atoms with Gasteiger partial charge in [-0.15, -0.1) is 0 Å². The van der Waals surface area contributed by atoms with Crippen molar-refractivity contribution < 1.29 is 0 Å². The number of rotatable bonds is 4. The van der Waals surface area contributed by atoms with Gasteiger partial charge in [-0.2, -0.15) is 0 Å². The molecule has 2 N–H and O–H groups in total. The second-order valence-corrected chi connectivity index (χ2v) is 5.50. The third-order valence-corrected chi connectivity index (χ3v) is 4.17. The Kier molecular flexibility index (Phi) is 4.31. The summed E-state index contributed by atoms with van der Waals surface area (Å²) in [6, 6.07) is 15.8. The molecule has 2 aromatic rings. The van der Waals surface area contributed by atoms with Gasteiger partial charge in [-0.3, -0.25) is 4.90 Å². The monoisotopic (exact) mass is 269 g/mol. The van der Waals surface area contributed by atoms with Gasteiger partial charge >= 0.3 is 0 Å². The second kappa shape index (κ2) is 6.35. The highest BCUT2D eigenvalue weighted by molar-refractivity contribution is 5.83. The van der Waals surface area contributed by atoms with Gasteiger partial charge in [-0.25, -0.2) is 0 Å². The first-order chi connectivity index (χ1) is 9.86. The van der Waals surface area contributed by atoms with Crippen molar-refractivity contribution in [2.45, 2.75) is 6.04 Å². The Bertz CT molecular complexity index is 561. The highest BCUT2D eigenvalue weighted by atomic mass is 15.2. The zero-order valence-electron chi connectivity index (χ0n) is 12.1. The van der Waals surface area contributed by atoms with Crippen LogP contribution in [0.2, 0.25) is 0 Å². The van der Waals surface area contributed by atoms with E-state index in [1.807, 2.05) is 0 Å². The van der Waals surface area contributed by atoms with Crippen LogP contribution in [0.5, 0.6) is 0 Å². The number of likely N-dealkylation sites (N-methyl/N-ethyl adjacent to an activating group) is 1. The fourth-order valence-corrected chi connectivity index (χ4v) is 2.94. The van der Waals surface area contributed by atoms with Gasteiger partial charge in [-0.1, -0.05) is 36.4 Å². The van der Waals surface area contributed by atoms with Gasteiger partial charge in [0.25, 0.3) is 0 Å². The zero-order chi connectivity index (χ0) is 13.8. The molecule has 0 radical (unpaired) electrons. The summed E-state index contributed by atoms with van der Waals surface area (Å²) in [5.41, 5.74) is 1.38. The van der Waals surface area contributed by atoms with Crippen molar-refractivity contribution in [2.75, 3.05) is 39.8 Å². The summed E-state index contributed by atoms with van der Waals surface area (Å²) in [6.45, 7) is 5.58. The fourth-order valence-electron chi connectivity index (χ4n) is 2.94. The minimum Gasteiger partial charge on any atom is -0.314 e. The van der Waals surface area contributed by atoms with Crippen LogP contribution in [0.3, 0.4) is 0 Å². The highest BCUT2D eigenvalue weighted by Crippen LogP contribution is 2.21. The number of nitrogens with one attached hydrogen (secondary N) is 2. The Labute approximate surface area is 121 Å². The summed E-state index contributed by atoms with van der Waals surface area (Å²) in [6.07, 6.45) is 0. The van der Waals surface area contributed by atoms with Crippen LogP contribution in [0.4, 0.5) is 0 Å². The molecule has 1 aliphatic rings. The normalized spacial score (nSPS) is 18.2. The molecule has 1 saturated heterocycles. The largest absolute Gasteiger partial charge is 0.314 e. The lowest BCUT2D eigenvalue weighted by Crippen LogP contribution is -2.46. The maximum atomic E-state index is 3.47. The SMILES string of the molecule is CNC(CN1CCNCC1)c1ccc2ccccc2c1. The molecule has 2 aromatic carbocycles. The molecule has 20 heavy (non-hydrogen) atoms. The van der Waals surface area contributed by atoms with Crippen LogP contribution in [-0.2, 0) is 0 Å². The Morgan fingerprint density at radius 3 is 2.60 bits per heavy atom. The predicted octanol–water partition coefficient (Wildman–Crippen LogP) is 2.01. The Hall–Kier alpha value is -1.42. The summed E-state index contributed by atoms with van der Waals surface area (Å²) in [5.74, 6) is 0. The lowest BCUT2D eigenvalue weighted by molar-refractivity contribution is 0.219. The first kappa shape index (κ1) is 13.6. The highest BCUT2D eigenvalue weighted by Gasteiger charge is 2.16. The summed E-state index contributed by atoms with van der Waals surface area (Å²) in [4.78, 5) is 2.53. The molecule has 3 heteroatoms. The van der Waals surface area contributed by atoms with E-state index in [0.717, 1.165) is 32.7 Å². The molecule has 106 valence electrons. The average molecular weight is 269 g/mol. The van der Waals surface area contributed by atoms with E-state index in [4.69, 9.17) is 0 Å². The van der Waals surface area contributed by atoms with Crippen molar-refractivity contribution in [1.29, 1.82) is 0 Å². The number of benzene rings is 2. The summed E-state index contributed by atoms with van der Waals surface area (Å²) < 4.78 is 0. The maximum absolute atomic E-state index is 3.47. The first-order valence-electron chi connectivity index (χ1n) is 7.46. The van der Waals surface area contributed by atoms with Crippen LogP contribution >= 0.6 is 0 Å². The van der Waals surface area contributed by atoms with Crippen molar-refractivity contribution in [3.63, 3.8) is 0 Å². The van der Waals surface area contributed by atoms with Crippen LogP contribution in [0.25, 0.3) is 10.8 Å². The standard InChI is InChI=1S/C17H23N3/c1-18-17(13-20-10-8-19-9-11-20)16-7-6-14-4-2-3-5-15(14)12-16/h2-7,12,17-19H,8-11,13H2,1H3. The minimum atomic E-state index is 0.401. The van der Waals surface area contributed by atoms with E-state index < -0.39 is 0 Å². The van der Waals surface area contributed by atoms with Crippen LogP contribution in [-0.4, -0.2) is 44.7 Å². The number of nitrogens with zero attached hydrogens (tertiary/aromatic N) is 1. The molecular weight excluding hydrogens is 246 g/mol. The van der Waals surface area contributed by atoms with Gasteiger partial charge in [0, 0.05) is 38.8 Å². The van der Waals surface area contributed by atoms with Crippen LogP contribution in [0, 0.1) is 0 Å². The van der Waals surface area contributed by atoms with Crippen LogP contribution in [0.15, 0.2) is 42.5 Å². The van der Waals surface area contributed by atoms with Gasteiger partial charge in [0.05, 0.1) is 0 Å². The van der Waals surface area contributed by atoms with Crippen molar-refractivity contribution >= 4 is 10.8 Å². The van der Waals surface area contributed by atoms with Gasteiger partial charge in [0.15, 0.2) is 0 Å². The third kappa shape index (κ3) is 3.01. The second-order valence-electron chi connectivity index (χ2n) is 5.50. The lowest BCUT2D eigenvalue weighted by atomic mass is 10.0. The first-order valence-corrected chi connectivity index (χ1v) is 7.46. The van der Waals surface area contributed by atoms with E-state index in [1.165, 1.54) is 16.3 Å². The van der Waals surface area contributed by atoms with Crippen molar-refractivity contribution in [3.05, 3.63) is 48.0 Å². The van der Waals surface area contributed by atoms with Crippen LogP contribution < -0.4 is 10.6 Å². The van der Waals surface area contributed by atoms with Crippen molar-refractivity contribution in [2.24, 2.45) is 0 Å². The van der Waals surface area contributed by atoms with Crippen molar-refractivity contribution in [1.82, 2.24) is 15.5 Å². The Morgan fingerprint density at radius 2 is 1.85 bits per heavy atom. The molecule has 0 aliphatic carbocycles. The van der Waals surface area contributed by atoms with Gasteiger partial charge in [0.1, 0.15) is 0 Å². The molecule has 0 amide bonds. The summed E-state index contributed by atoms with van der Waals surface area (Å²) in [5, 5.41) is 9.51. The van der Waals surface area contributed by atoms with Gasteiger partial charge in [0.2, 0.25) is 0 Å². The average Bonchev–Trinajstić information content (AvgIpc) is 2.53. The molecule has 0 saturated carbocycles. The topological polar surface area (TPSA) is 27.3 Å². The summed E-state index contributed by atoms with van der Waals surface area (Å²) >= 11 is 0. The lowest BCUT2D eigenvalue weighted by Gasteiger charge is -2.31. The maximum Gasteiger partial charge on any atom is 0.0447 e. The van der Waals surface area contributed by atoms with E-state index in [1.54, 1.807) is 0 Å². The Balaban J connectivity index is 1.79. The molecule has 1 heterocycles. The number of hydrogen-bond donors (Lipinski definition) is 2. The van der Waals surface area contributed by atoms with Gasteiger partial charge in [-0.05, 0) is 29.4 Å². The molecule has 1 fully saturated rings. The molecule has 1 aliphatic heterocycles. The van der Waals surface area contributed by atoms with E-state index in [2.05, 4.69) is 65.0 Å².